The molecule has 106 valence electrons. The molecule has 1 aromatic carbocycles. The molecule has 5 heteroatoms. The molecule has 0 unspecified atom stereocenters. The number of benzene rings is 1. The maximum atomic E-state index is 11.7. The summed E-state index contributed by atoms with van der Waals surface area (Å²) in [5, 5.41) is 0.790. The SMILES string of the molecule is COC(=O)c1cc(OCC(C)C)c2cccc(N)c2n1. The number of hydrogen-bond donors (Lipinski definition) is 1. The van der Waals surface area contributed by atoms with E-state index in [1.807, 2.05) is 12.1 Å². The Morgan fingerprint density at radius 1 is 1.40 bits per heavy atom. The van der Waals surface area contributed by atoms with E-state index in [0.29, 0.717) is 29.5 Å². The Balaban J connectivity index is 2.57. The van der Waals surface area contributed by atoms with Crippen molar-refractivity contribution in [2.75, 3.05) is 19.5 Å². The van der Waals surface area contributed by atoms with E-state index in [0.717, 1.165) is 5.39 Å². The third-order valence-electron chi connectivity index (χ3n) is 2.80. The summed E-state index contributed by atoms with van der Waals surface area (Å²) >= 11 is 0. The van der Waals surface area contributed by atoms with Gasteiger partial charge in [0.1, 0.15) is 5.75 Å². The number of esters is 1. The highest BCUT2D eigenvalue weighted by Crippen LogP contribution is 2.29. The second-order valence-corrected chi connectivity index (χ2v) is 4.95. The second kappa shape index (κ2) is 5.77. The maximum absolute atomic E-state index is 11.7. The highest BCUT2D eigenvalue weighted by atomic mass is 16.5. The molecule has 5 nitrogen and oxygen atoms in total. The van der Waals surface area contributed by atoms with Gasteiger partial charge in [0.25, 0.3) is 0 Å². The van der Waals surface area contributed by atoms with Gasteiger partial charge in [0, 0.05) is 11.5 Å². The summed E-state index contributed by atoms with van der Waals surface area (Å²) in [5.74, 6) is 0.460. The molecule has 1 heterocycles. The van der Waals surface area contributed by atoms with E-state index in [-0.39, 0.29) is 5.69 Å². The zero-order valence-electron chi connectivity index (χ0n) is 11.8. The summed E-state index contributed by atoms with van der Waals surface area (Å²) in [6.45, 7) is 4.66. The minimum atomic E-state index is -0.510. The van der Waals surface area contributed by atoms with Crippen LogP contribution in [0, 0.1) is 5.92 Å². The van der Waals surface area contributed by atoms with Crippen LogP contribution in [0.4, 0.5) is 5.69 Å². The molecule has 0 spiro atoms. The van der Waals surface area contributed by atoms with Gasteiger partial charge in [0.15, 0.2) is 5.69 Å². The molecule has 2 rings (SSSR count). The van der Waals surface area contributed by atoms with Gasteiger partial charge in [-0.25, -0.2) is 9.78 Å². The largest absolute Gasteiger partial charge is 0.493 e. The first-order valence-corrected chi connectivity index (χ1v) is 6.43. The van der Waals surface area contributed by atoms with Crippen LogP contribution in [0.15, 0.2) is 24.3 Å². The van der Waals surface area contributed by atoms with Gasteiger partial charge >= 0.3 is 5.97 Å². The number of rotatable bonds is 4. The van der Waals surface area contributed by atoms with Gasteiger partial charge < -0.3 is 15.2 Å². The molecule has 0 aliphatic heterocycles. The summed E-state index contributed by atoms with van der Waals surface area (Å²) in [6, 6.07) is 7.04. The Kier molecular flexibility index (Phi) is 4.08. The van der Waals surface area contributed by atoms with Crippen molar-refractivity contribution in [3.05, 3.63) is 30.0 Å². The molecule has 0 atom stereocenters. The number of anilines is 1. The van der Waals surface area contributed by atoms with E-state index in [4.69, 9.17) is 15.2 Å². The third-order valence-corrected chi connectivity index (χ3v) is 2.80. The number of ether oxygens (including phenoxy) is 2. The summed E-state index contributed by atoms with van der Waals surface area (Å²) < 4.78 is 10.5. The highest BCUT2D eigenvalue weighted by Gasteiger charge is 2.14. The molecule has 2 aromatic rings. The molecule has 0 aliphatic carbocycles. The number of hydrogen-bond acceptors (Lipinski definition) is 5. The first-order valence-electron chi connectivity index (χ1n) is 6.43. The molecule has 20 heavy (non-hydrogen) atoms. The highest BCUT2D eigenvalue weighted by molar-refractivity contribution is 5.98. The molecule has 1 aromatic heterocycles. The Morgan fingerprint density at radius 3 is 2.80 bits per heavy atom. The quantitative estimate of drug-likeness (QED) is 0.685. The van der Waals surface area contributed by atoms with Crippen LogP contribution in [0.3, 0.4) is 0 Å². The van der Waals surface area contributed by atoms with Crippen molar-refractivity contribution in [3.63, 3.8) is 0 Å². The normalized spacial score (nSPS) is 10.8. The smallest absolute Gasteiger partial charge is 0.356 e. The monoisotopic (exact) mass is 274 g/mol. The Morgan fingerprint density at radius 2 is 2.15 bits per heavy atom. The van der Waals surface area contributed by atoms with Crippen LogP contribution in [0.1, 0.15) is 24.3 Å². The lowest BCUT2D eigenvalue weighted by Crippen LogP contribution is -2.09. The lowest BCUT2D eigenvalue weighted by Gasteiger charge is -2.13. The minimum absolute atomic E-state index is 0.191. The Hall–Kier alpha value is -2.30. The van der Waals surface area contributed by atoms with Crippen molar-refractivity contribution in [1.29, 1.82) is 0 Å². The predicted molar refractivity (Wildman–Crippen MR) is 77.8 cm³/mol. The van der Waals surface area contributed by atoms with Crippen LogP contribution in [0.5, 0.6) is 5.75 Å². The molecular formula is C15H18N2O3. The summed E-state index contributed by atoms with van der Waals surface area (Å²) in [7, 11) is 1.32. The van der Waals surface area contributed by atoms with Crippen molar-refractivity contribution in [1.82, 2.24) is 4.98 Å². The fraction of sp³-hybridized carbons (Fsp3) is 0.333. The molecule has 0 saturated heterocycles. The molecule has 0 bridgehead atoms. The summed E-state index contributed by atoms with van der Waals surface area (Å²) in [4.78, 5) is 15.9. The van der Waals surface area contributed by atoms with Crippen LogP contribution in [-0.2, 0) is 4.74 Å². The first kappa shape index (κ1) is 14.1. The fourth-order valence-electron chi connectivity index (χ4n) is 1.82. The van der Waals surface area contributed by atoms with Gasteiger partial charge in [-0.2, -0.15) is 0 Å². The van der Waals surface area contributed by atoms with E-state index < -0.39 is 5.97 Å². The average Bonchev–Trinajstić information content (AvgIpc) is 2.44. The van der Waals surface area contributed by atoms with Gasteiger partial charge in [0.2, 0.25) is 0 Å². The number of nitrogens with two attached hydrogens (primary N) is 1. The Labute approximate surface area is 117 Å². The minimum Gasteiger partial charge on any atom is -0.493 e. The predicted octanol–water partition coefficient (Wildman–Crippen LogP) is 2.64. The zero-order chi connectivity index (χ0) is 14.7. The fourth-order valence-corrected chi connectivity index (χ4v) is 1.82. The number of aromatic nitrogens is 1. The van der Waals surface area contributed by atoms with Crippen molar-refractivity contribution < 1.29 is 14.3 Å². The molecule has 0 fully saturated rings. The van der Waals surface area contributed by atoms with E-state index in [2.05, 4.69) is 18.8 Å². The second-order valence-electron chi connectivity index (χ2n) is 4.95. The number of fused-ring (bicyclic) bond motifs is 1. The molecule has 0 saturated carbocycles. The molecule has 0 aliphatic rings. The van der Waals surface area contributed by atoms with Crippen LogP contribution in [0.25, 0.3) is 10.9 Å². The van der Waals surface area contributed by atoms with Crippen molar-refractivity contribution >= 4 is 22.6 Å². The van der Waals surface area contributed by atoms with E-state index in [9.17, 15) is 4.79 Å². The number of carbonyl (C=O) groups is 1. The number of pyridine rings is 1. The van der Waals surface area contributed by atoms with Gasteiger partial charge in [-0.1, -0.05) is 19.9 Å². The lowest BCUT2D eigenvalue weighted by atomic mass is 10.1. The van der Waals surface area contributed by atoms with Crippen LogP contribution >= 0.6 is 0 Å². The van der Waals surface area contributed by atoms with E-state index in [1.165, 1.54) is 7.11 Å². The van der Waals surface area contributed by atoms with E-state index in [1.54, 1.807) is 12.1 Å². The topological polar surface area (TPSA) is 74.4 Å². The molecule has 0 radical (unpaired) electrons. The number of carbonyl (C=O) groups excluding carboxylic acids is 1. The maximum Gasteiger partial charge on any atom is 0.356 e. The van der Waals surface area contributed by atoms with Gasteiger partial charge in [-0.05, 0) is 18.1 Å². The van der Waals surface area contributed by atoms with Crippen LogP contribution in [0.2, 0.25) is 0 Å². The molecule has 0 amide bonds. The standard InChI is InChI=1S/C15H18N2O3/c1-9(2)8-20-13-7-12(15(18)19-3)17-14-10(13)5-4-6-11(14)16/h4-7,9H,8,16H2,1-3H3. The zero-order valence-corrected chi connectivity index (χ0v) is 11.8. The average molecular weight is 274 g/mol. The first-order chi connectivity index (χ1) is 9.52. The number of para-hydroxylation sites is 1. The summed E-state index contributed by atoms with van der Waals surface area (Å²) in [6.07, 6.45) is 0. The summed E-state index contributed by atoms with van der Waals surface area (Å²) in [5.41, 5.74) is 7.17. The van der Waals surface area contributed by atoms with Crippen LogP contribution in [-0.4, -0.2) is 24.7 Å². The van der Waals surface area contributed by atoms with Gasteiger partial charge in [-0.3, -0.25) is 0 Å². The molecular weight excluding hydrogens is 256 g/mol. The number of nitrogens with zero attached hydrogens (tertiary/aromatic N) is 1. The van der Waals surface area contributed by atoms with Gasteiger partial charge in [0.05, 0.1) is 24.9 Å². The van der Waals surface area contributed by atoms with Crippen LogP contribution < -0.4 is 10.5 Å². The molecule has 2 N–H and O–H groups in total. The van der Waals surface area contributed by atoms with Gasteiger partial charge in [-0.15, -0.1) is 0 Å². The number of methoxy groups -OCH3 is 1. The van der Waals surface area contributed by atoms with Crippen molar-refractivity contribution in [2.45, 2.75) is 13.8 Å². The van der Waals surface area contributed by atoms with Crippen molar-refractivity contribution in [2.24, 2.45) is 5.92 Å². The van der Waals surface area contributed by atoms with E-state index >= 15 is 0 Å². The third kappa shape index (κ3) is 2.82. The van der Waals surface area contributed by atoms with Crippen molar-refractivity contribution in [3.8, 4) is 5.75 Å². The number of nitrogen functional groups attached to an aromatic ring is 1. The lowest BCUT2D eigenvalue weighted by molar-refractivity contribution is 0.0594. The Bertz CT molecular complexity index is 638.